The molecular weight excluding hydrogens is 500 g/mol. The molecule has 0 amide bonds. The first-order valence-corrected chi connectivity index (χ1v) is 16.6. The molecule has 0 heterocycles. The number of rotatable bonds is 26. The van der Waals surface area contributed by atoms with Crippen LogP contribution in [0.2, 0.25) is 0 Å². The van der Waals surface area contributed by atoms with Crippen LogP contribution in [-0.2, 0) is 14.6 Å². The summed E-state index contributed by atoms with van der Waals surface area (Å²) in [5.41, 5.74) is 0.485. The second kappa shape index (κ2) is 25.8. The fourth-order valence-corrected chi connectivity index (χ4v) is 5.09. The molecule has 0 aliphatic heterocycles. The zero-order chi connectivity index (χ0) is 29.1. The van der Waals surface area contributed by atoms with E-state index in [1.54, 1.807) is 24.3 Å². The van der Waals surface area contributed by atoms with Gasteiger partial charge in [-0.2, -0.15) is 0 Å². The number of carbonyl (C=O) groups excluding carboxylic acids is 3. The van der Waals surface area contributed by atoms with Crippen LogP contribution in [0.25, 0.3) is 0 Å². The van der Waals surface area contributed by atoms with E-state index in [1.807, 2.05) is 0 Å². The van der Waals surface area contributed by atoms with Gasteiger partial charge in [0.05, 0.1) is 12.0 Å². The molecule has 0 aliphatic rings. The van der Waals surface area contributed by atoms with Crippen molar-refractivity contribution >= 4 is 17.7 Å². The highest BCUT2D eigenvalue weighted by molar-refractivity contribution is 6.06. The second-order valence-corrected chi connectivity index (χ2v) is 11.4. The third-order valence-electron chi connectivity index (χ3n) is 7.65. The Labute approximate surface area is 245 Å². The van der Waals surface area contributed by atoms with Crippen LogP contribution in [0.5, 0.6) is 0 Å². The Hall–Kier alpha value is -2.17. The molecule has 0 radical (unpaired) electrons. The highest BCUT2D eigenvalue weighted by Gasteiger charge is 2.19. The predicted molar refractivity (Wildman–Crippen MR) is 164 cm³/mol. The first-order chi connectivity index (χ1) is 19.6. The number of benzene rings is 1. The van der Waals surface area contributed by atoms with Crippen LogP contribution in [0.3, 0.4) is 0 Å². The summed E-state index contributed by atoms with van der Waals surface area (Å²) in [6.45, 7) is 4.48. The van der Waals surface area contributed by atoms with E-state index in [0.29, 0.717) is 12.0 Å². The van der Waals surface area contributed by atoms with Crippen molar-refractivity contribution < 1.29 is 24.2 Å². The maximum atomic E-state index is 12.8. The number of hydrogen-bond acceptors (Lipinski definition) is 5. The Balaban J connectivity index is 2.17. The van der Waals surface area contributed by atoms with Gasteiger partial charge in [0.2, 0.25) is 0 Å². The van der Waals surface area contributed by atoms with E-state index in [1.165, 1.54) is 103 Å². The molecule has 1 rings (SSSR count). The number of ketones is 1. The van der Waals surface area contributed by atoms with Crippen LogP contribution in [0.1, 0.15) is 189 Å². The van der Waals surface area contributed by atoms with Crippen LogP contribution in [0.15, 0.2) is 24.3 Å². The lowest BCUT2D eigenvalue weighted by Gasteiger charge is -2.08. The molecule has 0 aromatic heterocycles. The minimum Gasteiger partial charge on any atom is -0.294 e. The normalized spacial score (nSPS) is 10.9. The maximum absolute atomic E-state index is 12.8. The van der Waals surface area contributed by atoms with Crippen molar-refractivity contribution in [3.8, 4) is 0 Å². The van der Waals surface area contributed by atoms with Gasteiger partial charge in [-0.1, -0.05) is 160 Å². The Morgan fingerprint density at radius 2 is 0.850 bits per heavy atom. The Morgan fingerprint density at radius 1 is 0.475 bits per heavy atom. The average Bonchev–Trinajstić information content (AvgIpc) is 2.97. The summed E-state index contributed by atoms with van der Waals surface area (Å²) in [6, 6.07) is 6.61. The Bertz CT molecular complexity index is 788. The zero-order valence-electron chi connectivity index (χ0n) is 25.8. The fraction of sp³-hybridized carbons (Fsp3) is 0.743. The smallest absolute Gasteiger partial charge is 0.294 e. The number of carbonyl (C=O) groups is 3. The standard InChI is InChI=1S/C35H58O5/c1-3-5-7-9-11-13-15-17-19-21-23-29-33(36)31-27-25-26-28-32(31)35(38)40-39-34(37)30-24-22-20-18-16-14-12-10-8-6-4-2/h25-28H,3-24,29-30H2,1-2H3. The molecule has 40 heavy (non-hydrogen) atoms. The largest absolute Gasteiger partial charge is 0.387 e. The molecule has 1 aromatic carbocycles. The van der Waals surface area contributed by atoms with Crippen molar-refractivity contribution in [2.24, 2.45) is 0 Å². The molecule has 0 atom stereocenters. The van der Waals surface area contributed by atoms with Crippen molar-refractivity contribution in [2.45, 2.75) is 168 Å². The molecule has 5 heteroatoms. The van der Waals surface area contributed by atoms with E-state index in [9.17, 15) is 14.4 Å². The maximum Gasteiger partial charge on any atom is 0.387 e. The highest BCUT2D eigenvalue weighted by atomic mass is 17.2. The molecule has 0 fully saturated rings. The van der Waals surface area contributed by atoms with Gasteiger partial charge in [-0.15, -0.1) is 0 Å². The first kappa shape index (κ1) is 35.9. The van der Waals surface area contributed by atoms with E-state index in [0.717, 1.165) is 38.5 Å². The van der Waals surface area contributed by atoms with Crippen LogP contribution < -0.4 is 0 Å². The Kier molecular flexibility index (Phi) is 23.1. The lowest BCUT2D eigenvalue weighted by molar-refractivity contribution is -0.234. The highest BCUT2D eigenvalue weighted by Crippen LogP contribution is 2.17. The summed E-state index contributed by atoms with van der Waals surface area (Å²) in [5, 5.41) is 0. The van der Waals surface area contributed by atoms with Gasteiger partial charge in [-0.3, -0.25) is 4.79 Å². The van der Waals surface area contributed by atoms with Gasteiger partial charge >= 0.3 is 11.9 Å². The second-order valence-electron chi connectivity index (χ2n) is 11.4. The van der Waals surface area contributed by atoms with E-state index < -0.39 is 11.9 Å². The predicted octanol–water partition coefficient (Wildman–Crippen LogP) is 10.9. The minimum absolute atomic E-state index is 0.0734. The number of Topliss-reactive ketones (excluding diaryl/α,β-unsaturated/α-hetero) is 1. The van der Waals surface area contributed by atoms with Gasteiger partial charge < -0.3 is 0 Å². The van der Waals surface area contributed by atoms with Crippen LogP contribution >= 0.6 is 0 Å². The van der Waals surface area contributed by atoms with Gasteiger partial charge in [0.15, 0.2) is 5.78 Å². The van der Waals surface area contributed by atoms with Gasteiger partial charge in [0.1, 0.15) is 0 Å². The monoisotopic (exact) mass is 558 g/mol. The molecule has 0 saturated heterocycles. The van der Waals surface area contributed by atoms with Crippen LogP contribution in [0.4, 0.5) is 0 Å². The van der Waals surface area contributed by atoms with Crippen molar-refractivity contribution in [3.63, 3.8) is 0 Å². The van der Waals surface area contributed by atoms with Gasteiger partial charge in [0, 0.05) is 12.0 Å². The summed E-state index contributed by atoms with van der Waals surface area (Å²) in [7, 11) is 0. The van der Waals surface area contributed by atoms with Crippen LogP contribution in [-0.4, -0.2) is 17.7 Å². The lowest BCUT2D eigenvalue weighted by atomic mass is 9.99. The summed E-state index contributed by atoms with van der Waals surface area (Å²) in [5.74, 6) is -1.42. The van der Waals surface area contributed by atoms with E-state index in [4.69, 9.17) is 9.78 Å². The Morgan fingerprint density at radius 3 is 1.30 bits per heavy atom. The van der Waals surface area contributed by atoms with Gasteiger partial charge in [0.25, 0.3) is 0 Å². The molecule has 228 valence electrons. The van der Waals surface area contributed by atoms with E-state index in [2.05, 4.69) is 13.8 Å². The molecular formula is C35H58O5. The molecule has 0 aliphatic carbocycles. The molecule has 1 aromatic rings. The topological polar surface area (TPSA) is 69.7 Å². The average molecular weight is 559 g/mol. The van der Waals surface area contributed by atoms with Gasteiger partial charge in [-0.25, -0.2) is 19.4 Å². The molecule has 0 saturated carbocycles. The molecule has 0 spiro atoms. The summed E-state index contributed by atoms with van der Waals surface area (Å²) in [6.07, 6.45) is 27.3. The van der Waals surface area contributed by atoms with Crippen molar-refractivity contribution in [1.29, 1.82) is 0 Å². The minimum atomic E-state index is -0.796. The van der Waals surface area contributed by atoms with E-state index >= 15 is 0 Å². The SMILES string of the molecule is CCCCCCCCCCCCCC(=O)OOC(=O)c1ccccc1C(=O)CCCCCCCCCCCCC. The summed E-state index contributed by atoms with van der Waals surface area (Å²) < 4.78 is 0. The quantitative estimate of drug-likeness (QED) is 0.0489. The molecule has 0 bridgehead atoms. The van der Waals surface area contributed by atoms with Gasteiger partial charge in [-0.05, 0) is 18.9 Å². The van der Waals surface area contributed by atoms with Crippen molar-refractivity contribution in [2.75, 3.05) is 0 Å². The van der Waals surface area contributed by atoms with Crippen molar-refractivity contribution in [1.82, 2.24) is 0 Å². The number of hydrogen-bond donors (Lipinski definition) is 0. The third-order valence-corrected chi connectivity index (χ3v) is 7.65. The lowest BCUT2D eigenvalue weighted by Crippen LogP contribution is -2.15. The number of unbranched alkanes of at least 4 members (excludes halogenated alkanes) is 20. The zero-order valence-corrected chi connectivity index (χ0v) is 25.8. The summed E-state index contributed by atoms with van der Waals surface area (Å²) >= 11 is 0. The van der Waals surface area contributed by atoms with E-state index in [-0.39, 0.29) is 17.8 Å². The molecule has 0 N–H and O–H groups in total. The molecule has 0 unspecified atom stereocenters. The molecule has 5 nitrogen and oxygen atoms in total. The van der Waals surface area contributed by atoms with Crippen molar-refractivity contribution in [3.05, 3.63) is 35.4 Å². The third kappa shape index (κ3) is 19.0. The first-order valence-electron chi connectivity index (χ1n) is 16.6. The fourth-order valence-electron chi connectivity index (χ4n) is 5.09. The van der Waals surface area contributed by atoms with Crippen LogP contribution in [0, 0.1) is 0 Å². The summed E-state index contributed by atoms with van der Waals surface area (Å²) in [4.78, 5) is 46.9.